The fourth-order valence-corrected chi connectivity index (χ4v) is 5.50. The quantitative estimate of drug-likeness (QED) is 0.227. The molecular weight excluding hydrogens is 531 g/mol. The van der Waals surface area contributed by atoms with Crippen molar-refractivity contribution < 1.29 is 23.8 Å². The van der Waals surface area contributed by atoms with E-state index in [9.17, 15) is 19.1 Å². The Morgan fingerprint density at radius 2 is 1.93 bits per heavy atom. The number of aromatic nitrogens is 3. The van der Waals surface area contributed by atoms with Crippen LogP contribution in [-0.4, -0.2) is 45.4 Å². The number of alkyl halides is 1. The molecule has 2 aromatic carbocycles. The number of aryl methyl sites for hydroxylation is 1. The van der Waals surface area contributed by atoms with Crippen LogP contribution >= 0.6 is 11.3 Å². The number of thiazole rings is 1. The molecule has 204 valence electrons. The summed E-state index contributed by atoms with van der Waals surface area (Å²) in [6, 6.07) is 18.6. The van der Waals surface area contributed by atoms with E-state index < -0.39 is 18.7 Å². The maximum absolute atomic E-state index is 13.4. The number of aliphatic carboxylic acids is 1. The Hall–Kier alpha value is -4.57. The van der Waals surface area contributed by atoms with Gasteiger partial charge in [-0.05, 0) is 47.9 Å². The van der Waals surface area contributed by atoms with Crippen molar-refractivity contribution in [2.75, 3.05) is 18.8 Å². The molecule has 0 saturated carbocycles. The second-order valence-electron chi connectivity index (χ2n) is 9.42. The number of nitrogens with zero attached hydrogens (tertiary/aromatic N) is 4. The molecule has 0 radical (unpaired) electrons. The van der Waals surface area contributed by atoms with Gasteiger partial charge in [0.1, 0.15) is 11.4 Å². The first-order chi connectivity index (χ1) is 19.3. The molecule has 3 aromatic heterocycles. The van der Waals surface area contributed by atoms with Crippen molar-refractivity contribution in [2.45, 2.75) is 12.8 Å². The topological polar surface area (TPSA) is 97.6 Å². The highest BCUT2D eigenvalue weighted by Crippen LogP contribution is 2.38. The minimum Gasteiger partial charge on any atom is -0.481 e. The number of anilines is 1. The zero-order chi connectivity index (χ0) is 28.2. The summed E-state index contributed by atoms with van der Waals surface area (Å²) in [4.78, 5) is 35.7. The van der Waals surface area contributed by atoms with E-state index in [1.807, 2.05) is 71.7 Å². The Morgan fingerprint density at radius 1 is 1.12 bits per heavy atom. The van der Waals surface area contributed by atoms with Crippen LogP contribution in [0.5, 0.6) is 5.75 Å². The van der Waals surface area contributed by atoms with Gasteiger partial charge in [-0.1, -0.05) is 30.3 Å². The molecule has 40 heavy (non-hydrogen) atoms. The van der Waals surface area contributed by atoms with Crippen molar-refractivity contribution >= 4 is 39.4 Å². The third kappa shape index (κ3) is 5.72. The maximum atomic E-state index is 13.4. The molecule has 0 aliphatic heterocycles. The van der Waals surface area contributed by atoms with Gasteiger partial charge in [-0.3, -0.25) is 14.5 Å². The van der Waals surface area contributed by atoms with Crippen LogP contribution in [0.15, 0.2) is 78.4 Å². The van der Waals surface area contributed by atoms with Gasteiger partial charge in [0.2, 0.25) is 12.8 Å². The largest absolute Gasteiger partial charge is 0.481 e. The van der Waals surface area contributed by atoms with Crippen LogP contribution < -0.4 is 9.64 Å². The van der Waals surface area contributed by atoms with Crippen LogP contribution in [0.25, 0.3) is 33.4 Å². The molecule has 0 aliphatic carbocycles. The van der Waals surface area contributed by atoms with E-state index in [1.54, 1.807) is 25.4 Å². The van der Waals surface area contributed by atoms with Gasteiger partial charge in [0, 0.05) is 48.4 Å². The standard InChI is InChI=1S/C30H27FN4O4S/c1-34-11-10-20-13-22(16-32-28(20)34)24-9-8-23(39-18-31)15-25(24)26-17-40-30(33-26)35(2)29(38)21(14-27(36)37)12-19-6-4-3-5-7-19/h3-11,13,15-17,21H,12,14,18H2,1-2H3,(H,36,37). The van der Waals surface area contributed by atoms with Crippen LogP contribution in [0.3, 0.4) is 0 Å². The first-order valence-electron chi connectivity index (χ1n) is 12.6. The van der Waals surface area contributed by atoms with Gasteiger partial charge in [-0.25, -0.2) is 14.4 Å². The zero-order valence-corrected chi connectivity index (χ0v) is 22.8. The van der Waals surface area contributed by atoms with Gasteiger partial charge in [0.25, 0.3) is 0 Å². The Balaban J connectivity index is 1.48. The van der Waals surface area contributed by atoms with Crippen LogP contribution in [0.1, 0.15) is 12.0 Å². The SMILES string of the molecule is CN(C(=O)C(CC(=O)O)Cc1ccccc1)c1nc(-c2cc(OCF)ccc2-c2cnc3c(ccn3C)c2)cs1. The summed E-state index contributed by atoms with van der Waals surface area (Å²) in [7, 11) is 3.53. The highest BCUT2D eigenvalue weighted by Gasteiger charge is 2.27. The van der Waals surface area contributed by atoms with Crippen molar-refractivity contribution in [3.05, 3.63) is 84.0 Å². The smallest absolute Gasteiger partial charge is 0.304 e. The molecule has 5 rings (SSSR count). The molecule has 3 heterocycles. The molecule has 8 nitrogen and oxygen atoms in total. The minimum atomic E-state index is -1.04. The molecule has 10 heteroatoms. The fraction of sp³-hybridized carbons (Fsp3) is 0.200. The lowest BCUT2D eigenvalue weighted by Crippen LogP contribution is -2.35. The van der Waals surface area contributed by atoms with E-state index in [0.29, 0.717) is 28.6 Å². The highest BCUT2D eigenvalue weighted by molar-refractivity contribution is 7.14. The minimum absolute atomic E-state index is 0.294. The van der Waals surface area contributed by atoms with Gasteiger partial charge in [-0.2, -0.15) is 0 Å². The average Bonchev–Trinajstić information content (AvgIpc) is 3.59. The second-order valence-corrected chi connectivity index (χ2v) is 10.3. The lowest BCUT2D eigenvalue weighted by atomic mass is 9.95. The number of carbonyl (C=O) groups is 2. The summed E-state index contributed by atoms with van der Waals surface area (Å²) in [5.74, 6) is -1.78. The Bertz CT molecular complexity index is 1670. The van der Waals surface area contributed by atoms with Gasteiger partial charge in [0.15, 0.2) is 5.13 Å². The van der Waals surface area contributed by atoms with Crippen molar-refractivity contribution in [3.63, 3.8) is 0 Å². The first kappa shape index (κ1) is 27.0. The zero-order valence-electron chi connectivity index (χ0n) is 22.0. The molecule has 0 fully saturated rings. The van der Waals surface area contributed by atoms with Crippen LogP contribution in [0, 0.1) is 5.92 Å². The van der Waals surface area contributed by atoms with E-state index >= 15 is 0 Å². The Kier molecular flexibility index (Phi) is 7.88. The molecule has 1 N–H and O–H groups in total. The molecule has 1 unspecified atom stereocenters. The summed E-state index contributed by atoms with van der Waals surface area (Å²) in [5.41, 5.74) is 4.67. The third-order valence-corrected chi connectivity index (χ3v) is 7.63. The number of carbonyl (C=O) groups excluding carboxylic acids is 1. The van der Waals surface area contributed by atoms with Crippen LogP contribution in [0.2, 0.25) is 0 Å². The number of benzene rings is 2. The predicted molar refractivity (Wildman–Crippen MR) is 153 cm³/mol. The number of pyridine rings is 1. The number of hydrogen-bond donors (Lipinski definition) is 1. The lowest BCUT2D eigenvalue weighted by molar-refractivity contribution is -0.140. The van der Waals surface area contributed by atoms with E-state index in [2.05, 4.69) is 4.98 Å². The van der Waals surface area contributed by atoms with Crippen molar-refractivity contribution in [1.82, 2.24) is 14.5 Å². The molecule has 0 saturated heterocycles. The Morgan fingerprint density at radius 3 is 2.67 bits per heavy atom. The number of amides is 1. The van der Waals surface area contributed by atoms with E-state index in [1.165, 1.54) is 16.2 Å². The third-order valence-electron chi connectivity index (χ3n) is 6.71. The first-order valence-corrected chi connectivity index (χ1v) is 13.5. The number of ether oxygens (including phenoxy) is 1. The predicted octanol–water partition coefficient (Wildman–Crippen LogP) is 5.97. The van der Waals surface area contributed by atoms with E-state index in [-0.39, 0.29) is 12.3 Å². The monoisotopic (exact) mass is 558 g/mol. The highest BCUT2D eigenvalue weighted by atomic mass is 32.1. The summed E-state index contributed by atoms with van der Waals surface area (Å²) in [6.07, 6.45) is 3.73. The second kappa shape index (κ2) is 11.7. The number of hydrogen-bond acceptors (Lipinski definition) is 6. The molecular formula is C30H27FN4O4S. The summed E-state index contributed by atoms with van der Waals surface area (Å²) < 4.78 is 20.1. The number of carboxylic acid groups (broad SMARTS) is 1. The van der Waals surface area contributed by atoms with Gasteiger partial charge in [-0.15, -0.1) is 11.3 Å². The normalized spacial score (nSPS) is 11.9. The Labute approximate surface area is 234 Å². The number of fused-ring (bicyclic) bond motifs is 1. The van der Waals surface area contributed by atoms with Gasteiger partial charge < -0.3 is 14.4 Å². The van der Waals surface area contributed by atoms with Crippen molar-refractivity contribution in [1.29, 1.82) is 0 Å². The van der Waals surface area contributed by atoms with Gasteiger partial charge in [0.05, 0.1) is 18.0 Å². The molecule has 1 atom stereocenters. The average molecular weight is 559 g/mol. The van der Waals surface area contributed by atoms with Crippen molar-refractivity contribution in [2.24, 2.45) is 13.0 Å². The molecule has 1 amide bonds. The molecule has 0 aliphatic rings. The maximum Gasteiger partial charge on any atom is 0.304 e. The fourth-order valence-electron chi connectivity index (χ4n) is 4.71. The van der Waals surface area contributed by atoms with Crippen LogP contribution in [0.4, 0.5) is 9.52 Å². The molecule has 0 bridgehead atoms. The summed E-state index contributed by atoms with van der Waals surface area (Å²) in [6.45, 7) is -0.970. The number of rotatable bonds is 10. The molecule has 0 spiro atoms. The van der Waals surface area contributed by atoms with Crippen LogP contribution in [-0.2, 0) is 23.1 Å². The van der Waals surface area contributed by atoms with Gasteiger partial charge >= 0.3 is 5.97 Å². The molecule has 5 aromatic rings. The summed E-state index contributed by atoms with van der Waals surface area (Å²) in [5, 5.41) is 12.7. The lowest BCUT2D eigenvalue weighted by Gasteiger charge is -2.21. The summed E-state index contributed by atoms with van der Waals surface area (Å²) >= 11 is 1.27. The number of halogens is 1. The van der Waals surface area contributed by atoms with E-state index in [0.717, 1.165) is 27.7 Å². The van der Waals surface area contributed by atoms with Crippen molar-refractivity contribution in [3.8, 4) is 28.1 Å². The number of carboxylic acids is 1. The van der Waals surface area contributed by atoms with E-state index in [4.69, 9.17) is 9.72 Å².